The summed E-state index contributed by atoms with van der Waals surface area (Å²) in [6, 6.07) is 19.5. The Balaban J connectivity index is 2.08. The third-order valence-electron chi connectivity index (χ3n) is 6.14. The summed E-state index contributed by atoms with van der Waals surface area (Å²) in [7, 11) is -4.11. The largest absolute Gasteiger partial charge is 0.352 e. The van der Waals surface area contributed by atoms with E-state index in [0.29, 0.717) is 21.8 Å². The summed E-state index contributed by atoms with van der Waals surface area (Å²) in [4.78, 5) is 28.4. The van der Waals surface area contributed by atoms with Crippen molar-refractivity contribution < 1.29 is 18.0 Å². The van der Waals surface area contributed by atoms with E-state index in [2.05, 4.69) is 5.32 Å². The highest BCUT2D eigenvalue weighted by Gasteiger charge is 2.33. The summed E-state index contributed by atoms with van der Waals surface area (Å²) in [5.74, 6) is -0.874. The van der Waals surface area contributed by atoms with Crippen LogP contribution in [0.1, 0.15) is 37.5 Å². The van der Waals surface area contributed by atoms with Crippen LogP contribution in [0.2, 0.25) is 5.02 Å². The molecule has 0 heterocycles. The minimum absolute atomic E-state index is 0.0389. The molecule has 0 aliphatic heterocycles. The maximum atomic E-state index is 13.9. The Labute approximate surface area is 230 Å². The van der Waals surface area contributed by atoms with Crippen molar-refractivity contribution in [3.63, 3.8) is 0 Å². The number of nitrogens with zero attached hydrogens (tertiary/aromatic N) is 2. The number of carbonyl (C=O) groups excluding carboxylic acids is 2. The second-order valence-corrected chi connectivity index (χ2v) is 11.8. The second-order valence-electron chi connectivity index (χ2n) is 9.57. The molecular weight excluding hydrogens is 522 g/mol. The van der Waals surface area contributed by atoms with Gasteiger partial charge in [0.1, 0.15) is 12.6 Å². The number of benzene rings is 3. The van der Waals surface area contributed by atoms with Gasteiger partial charge in [0.05, 0.1) is 10.6 Å². The van der Waals surface area contributed by atoms with Crippen molar-refractivity contribution >= 4 is 39.1 Å². The van der Waals surface area contributed by atoms with Gasteiger partial charge < -0.3 is 10.2 Å². The fourth-order valence-electron chi connectivity index (χ4n) is 4.02. The van der Waals surface area contributed by atoms with Gasteiger partial charge in [-0.15, -0.1) is 0 Å². The molecule has 0 aromatic heterocycles. The van der Waals surface area contributed by atoms with Crippen molar-refractivity contribution in [2.24, 2.45) is 0 Å². The van der Waals surface area contributed by atoms with E-state index in [1.54, 1.807) is 62.4 Å². The Hall–Kier alpha value is -3.36. The van der Waals surface area contributed by atoms with E-state index in [1.165, 1.54) is 17.0 Å². The lowest BCUT2D eigenvalue weighted by Gasteiger charge is -2.33. The van der Waals surface area contributed by atoms with E-state index < -0.39 is 28.5 Å². The summed E-state index contributed by atoms with van der Waals surface area (Å²) in [6.07, 6.45) is 0. The van der Waals surface area contributed by atoms with Gasteiger partial charge in [0.2, 0.25) is 11.8 Å². The normalized spacial score (nSPS) is 12.2. The molecule has 3 rings (SSSR count). The number of sulfonamides is 1. The van der Waals surface area contributed by atoms with Crippen molar-refractivity contribution in [3.05, 3.63) is 94.5 Å². The molecule has 38 heavy (non-hydrogen) atoms. The Morgan fingerprint density at radius 2 is 1.55 bits per heavy atom. The Kier molecular flexibility index (Phi) is 9.57. The molecule has 2 amide bonds. The third-order valence-corrected chi connectivity index (χ3v) is 8.28. The highest BCUT2D eigenvalue weighted by atomic mass is 35.5. The van der Waals surface area contributed by atoms with Gasteiger partial charge in [-0.2, -0.15) is 0 Å². The van der Waals surface area contributed by atoms with Crippen molar-refractivity contribution in [2.45, 2.75) is 58.1 Å². The zero-order valence-electron chi connectivity index (χ0n) is 22.3. The molecular formula is C29H34ClN3O4S. The lowest BCUT2D eigenvalue weighted by atomic mass is 10.1. The first-order valence-electron chi connectivity index (χ1n) is 12.4. The predicted molar refractivity (Wildman–Crippen MR) is 152 cm³/mol. The van der Waals surface area contributed by atoms with Crippen molar-refractivity contribution in [1.82, 2.24) is 10.2 Å². The molecule has 0 aliphatic carbocycles. The molecule has 1 N–H and O–H groups in total. The van der Waals surface area contributed by atoms with Gasteiger partial charge in [-0.25, -0.2) is 8.42 Å². The zero-order valence-corrected chi connectivity index (χ0v) is 23.9. The molecule has 0 saturated carbocycles. The molecule has 0 bridgehead atoms. The Bertz CT molecular complexity index is 1390. The van der Waals surface area contributed by atoms with Gasteiger partial charge in [0, 0.05) is 17.6 Å². The molecule has 0 radical (unpaired) electrons. The fourth-order valence-corrected chi connectivity index (χ4v) is 5.71. The number of aryl methyl sites for hydroxylation is 2. The van der Waals surface area contributed by atoms with Crippen molar-refractivity contribution in [2.75, 3.05) is 10.8 Å². The molecule has 0 spiro atoms. The average molecular weight is 556 g/mol. The first-order chi connectivity index (χ1) is 17.9. The maximum Gasteiger partial charge on any atom is 0.264 e. The van der Waals surface area contributed by atoms with Gasteiger partial charge >= 0.3 is 0 Å². The van der Waals surface area contributed by atoms with Crippen molar-refractivity contribution in [1.29, 1.82) is 0 Å². The van der Waals surface area contributed by atoms with Crippen LogP contribution in [0.4, 0.5) is 5.69 Å². The van der Waals surface area contributed by atoms with Gasteiger partial charge in [-0.1, -0.05) is 60.1 Å². The van der Waals surface area contributed by atoms with Crippen LogP contribution < -0.4 is 9.62 Å². The second kappa shape index (κ2) is 12.5. The van der Waals surface area contributed by atoms with Crippen LogP contribution in [0.3, 0.4) is 0 Å². The van der Waals surface area contributed by atoms with Crippen LogP contribution in [0.15, 0.2) is 77.7 Å². The average Bonchev–Trinajstić information content (AvgIpc) is 2.88. The standard InChI is InChI=1S/C29H34ClN3O4S/c1-20(2)31-29(35)23(5)32(18-24-11-9-10-14-26(24)30)28(34)19-33(27-17-21(3)15-16-22(27)4)38(36,37)25-12-7-6-8-13-25/h6-17,20,23H,18-19H2,1-5H3,(H,31,35). The van der Waals surface area contributed by atoms with E-state index in [0.717, 1.165) is 9.87 Å². The predicted octanol–water partition coefficient (Wildman–Crippen LogP) is 5.09. The minimum atomic E-state index is -4.11. The van der Waals surface area contributed by atoms with Crippen LogP contribution in [0.25, 0.3) is 0 Å². The number of amides is 2. The summed E-state index contributed by atoms with van der Waals surface area (Å²) in [5, 5.41) is 3.29. The summed E-state index contributed by atoms with van der Waals surface area (Å²) >= 11 is 6.39. The smallest absolute Gasteiger partial charge is 0.264 e. The van der Waals surface area contributed by atoms with E-state index in [4.69, 9.17) is 11.6 Å². The topological polar surface area (TPSA) is 86.8 Å². The Morgan fingerprint density at radius 1 is 0.921 bits per heavy atom. The van der Waals surface area contributed by atoms with Crippen molar-refractivity contribution in [3.8, 4) is 0 Å². The van der Waals surface area contributed by atoms with Crippen LogP contribution in [-0.4, -0.2) is 43.8 Å². The molecule has 202 valence electrons. The summed E-state index contributed by atoms with van der Waals surface area (Å²) in [5.41, 5.74) is 2.60. The first kappa shape index (κ1) is 29.2. The number of carbonyl (C=O) groups is 2. The fraction of sp³-hybridized carbons (Fsp3) is 0.310. The van der Waals surface area contributed by atoms with Crippen LogP contribution in [0.5, 0.6) is 0 Å². The highest BCUT2D eigenvalue weighted by Crippen LogP contribution is 2.29. The van der Waals surface area contributed by atoms with E-state index in [9.17, 15) is 18.0 Å². The minimum Gasteiger partial charge on any atom is -0.352 e. The van der Waals surface area contributed by atoms with Crippen LogP contribution in [0, 0.1) is 13.8 Å². The number of hydrogen-bond acceptors (Lipinski definition) is 4. The maximum absolute atomic E-state index is 13.9. The van der Waals surface area contributed by atoms with Gasteiger partial charge in [0.15, 0.2) is 0 Å². The van der Waals surface area contributed by atoms with Gasteiger partial charge in [0.25, 0.3) is 10.0 Å². The van der Waals surface area contributed by atoms with Crippen LogP contribution >= 0.6 is 11.6 Å². The molecule has 9 heteroatoms. The quantitative estimate of drug-likeness (QED) is 0.377. The number of hydrogen-bond donors (Lipinski definition) is 1. The number of rotatable bonds is 10. The van der Waals surface area contributed by atoms with E-state index in [-0.39, 0.29) is 23.4 Å². The van der Waals surface area contributed by atoms with E-state index in [1.807, 2.05) is 32.9 Å². The summed E-state index contributed by atoms with van der Waals surface area (Å²) < 4.78 is 28.9. The monoisotopic (exact) mass is 555 g/mol. The lowest BCUT2D eigenvalue weighted by Crippen LogP contribution is -2.52. The van der Waals surface area contributed by atoms with Gasteiger partial charge in [-0.3, -0.25) is 13.9 Å². The Morgan fingerprint density at radius 3 is 2.18 bits per heavy atom. The lowest BCUT2D eigenvalue weighted by molar-refractivity contribution is -0.139. The van der Waals surface area contributed by atoms with Gasteiger partial charge in [-0.05, 0) is 75.6 Å². The first-order valence-corrected chi connectivity index (χ1v) is 14.2. The van der Waals surface area contributed by atoms with E-state index >= 15 is 0 Å². The molecule has 1 atom stereocenters. The molecule has 0 fully saturated rings. The zero-order chi connectivity index (χ0) is 28.0. The molecule has 3 aromatic carbocycles. The number of nitrogens with one attached hydrogen (secondary N) is 1. The molecule has 7 nitrogen and oxygen atoms in total. The molecule has 1 unspecified atom stereocenters. The SMILES string of the molecule is Cc1ccc(C)c(N(CC(=O)N(Cc2ccccc2Cl)C(C)C(=O)NC(C)C)S(=O)(=O)c2ccccc2)c1. The third kappa shape index (κ3) is 6.94. The molecule has 3 aromatic rings. The number of halogens is 1. The molecule has 0 aliphatic rings. The van der Waals surface area contributed by atoms with Crippen LogP contribution in [-0.2, 0) is 26.2 Å². The summed E-state index contributed by atoms with van der Waals surface area (Å²) in [6.45, 7) is 8.50. The molecule has 0 saturated heterocycles. The number of anilines is 1. The highest BCUT2D eigenvalue weighted by molar-refractivity contribution is 7.92.